The molecule has 0 fully saturated rings. The van der Waals surface area contributed by atoms with Gasteiger partial charge in [-0.05, 0) is 138 Å². The van der Waals surface area contributed by atoms with Crippen molar-refractivity contribution < 1.29 is 4.42 Å². The first kappa shape index (κ1) is 51.7. The first-order chi connectivity index (χ1) is 42.6. The summed E-state index contributed by atoms with van der Waals surface area (Å²) >= 11 is 0. The molecule has 0 saturated heterocycles. The molecule has 13 aromatic carbocycles. The number of aromatic nitrogens is 3. The van der Waals surface area contributed by atoms with E-state index in [0.29, 0.717) is 0 Å². The summed E-state index contributed by atoms with van der Waals surface area (Å²) < 4.78 is 13.8. The van der Waals surface area contributed by atoms with Crippen LogP contribution in [0.4, 0.5) is 17.1 Å². The lowest BCUT2D eigenvalue weighted by Crippen LogP contribution is -2.10. The maximum atomic E-state index is 6.33. The molecule has 0 atom stereocenters. The van der Waals surface area contributed by atoms with Crippen LogP contribution in [0.3, 0.4) is 0 Å². The highest BCUT2D eigenvalue weighted by Gasteiger charge is 2.25. The molecule has 4 heterocycles. The minimum atomic E-state index is 0.885. The van der Waals surface area contributed by atoms with E-state index in [1.165, 1.54) is 71.2 Å². The lowest BCUT2D eigenvalue weighted by Gasteiger charge is -2.26. The quantitative estimate of drug-likeness (QED) is 0.152. The second kappa shape index (κ2) is 21.9. The van der Waals surface area contributed by atoms with Gasteiger partial charge >= 0.3 is 0 Å². The lowest BCUT2D eigenvalue weighted by molar-refractivity contribution is 0.669. The Morgan fingerprint density at radius 3 is 1.19 bits per heavy atom. The van der Waals surface area contributed by atoms with Crippen LogP contribution in [0.25, 0.3) is 127 Å². The van der Waals surface area contributed by atoms with Crippen molar-refractivity contribution >= 4 is 104 Å². The highest BCUT2D eigenvalue weighted by atomic mass is 16.3. The van der Waals surface area contributed by atoms with Crippen LogP contribution in [0.15, 0.2) is 314 Å². The van der Waals surface area contributed by atoms with Gasteiger partial charge in [-0.25, -0.2) is 0 Å². The van der Waals surface area contributed by atoms with Gasteiger partial charge in [0, 0.05) is 77.2 Å². The highest BCUT2D eigenvalue weighted by molar-refractivity contribution is 6.31. The standard InChI is InChI=1S/C72H46N4O.C7H8.C2H6/c1-4-16-47(17-5-1)49-28-32-52(33-29-49)73(51-20-8-3-9-21-51)53-36-38-54(39-37-53)74-63-25-13-10-23-60(63)69-65(74)43-41-58-59-42-44-66-70(72(59)76(71(58)69)55-34-30-50(31-35-55)48-18-6-2-7-19-48)61-24-11-14-26-64(61)75(66)56-40-45-68-62(46-56)57-22-12-15-27-67(57)77-68;1-7-5-3-2-4-6-7;1-2/h1-46H;2-6H,1H3;1-2H3. The van der Waals surface area contributed by atoms with Gasteiger partial charge in [0.1, 0.15) is 11.2 Å². The summed E-state index contributed by atoms with van der Waals surface area (Å²) in [7, 11) is 0. The van der Waals surface area contributed by atoms with Crippen LogP contribution in [-0.4, -0.2) is 13.7 Å². The Hall–Kier alpha value is -11.1. The number of fused-ring (bicyclic) bond motifs is 14. The van der Waals surface area contributed by atoms with Gasteiger partial charge in [-0.3, -0.25) is 0 Å². The van der Waals surface area contributed by atoms with Gasteiger partial charge in [0.25, 0.3) is 0 Å². The zero-order chi connectivity index (χ0) is 57.7. The first-order valence-corrected chi connectivity index (χ1v) is 29.7. The summed E-state index contributed by atoms with van der Waals surface area (Å²) in [6, 6.07) is 111. The molecule has 5 heteroatoms. The molecular formula is C81H60N4O. The van der Waals surface area contributed by atoms with E-state index in [9.17, 15) is 0 Å². The number of benzene rings is 13. The fraction of sp³-hybridized carbons (Fsp3) is 0.0370. The molecule has 0 aliphatic carbocycles. The van der Waals surface area contributed by atoms with E-state index in [2.05, 4.69) is 311 Å². The molecule has 0 radical (unpaired) electrons. The van der Waals surface area contributed by atoms with Crippen molar-refractivity contribution in [2.75, 3.05) is 4.90 Å². The molecule has 17 aromatic rings. The molecule has 410 valence electrons. The maximum Gasteiger partial charge on any atom is 0.135 e. The third-order valence-corrected chi connectivity index (χ3v) is 16.8. The normalized spacial score (nSPS) is 11.4. The Bertz CT molecular complexity index is 5270. The predicted molar refractivity (Wildman–Crippen MR) is 365 cm³/mol. The van der Waals surface area contributed by atoms with Crippen molar-refractivity contribution in [3.05, 3.63) is 315 Å². The maximum absolute atomic E-state index is 6.33. The molecule has 86 heavy (non-hydrogen) atoms. The van der Waals surface area contributed by atoms with Crippen molar-refractivity contribution in [3.8, 4) is 39.3 Å². The summed E-state index contributed by atoms with van der Waals surface area (Å²) in [6.07, 6.45) is 0. The van der Waals surface area contributed by atoms with Gasteiger partial charge in [0.15, 0.2) is 0 Å². The molecule has 0 aliphatic heterocycles. The van der Waals surface area contributed by atoms with Crippen LogP contribution in [0.5, 0.6) is 0 Å². The zero-order valence-corrected chi connectivity index (χ0v) is 48.1. The number of furan rings is 1. The van der Waals surface area contributed by atoms with Crippen LogP contribution in [-0.2, 0) is 0 Å². The molecule has 4 aromatic heterocycles. The van der Waals surface area contributed by atoms with Crippen molar-refractivity contribution in [1.82, 2.24) is 13.7 Å². The Morgan fingerprint density at radius 2 is 0.651 bits per heavy atom. The molecule has 0 N–H and O–H groups in total. The third-order valence-electron chi connectivity index (χ3n) is 16.8. The van der Waals surface area contributed by atoms with E-state index >= 15 is 0 Å². The molecule has 5 nitrogen and oxygen atoms in total. The van der Waals surface area contributed by atoms with Crippen molar-refractivity contribution in [3.63, 3.8) is 0 Å². The van der Waals surface area contributed by atoms with Crippen LogP contribution in [0, 0.1) is 6.92 Å². The number of anilines is 3. The second-order valence-electron chi connectivity index (χ2n) is 21.7. The number of hydrogen-bond donors (Lipinski definition) is 0. The van der Waals surface area contributed by atoms with Crippen molar-refractivity contribution in [2.24, 2.45) is 0 Å². The van der Waals surface area contributed by atoms with Crippen molar-refractivity contribution in [1.29, 1.82) is 0 Å². The van der Waals surface area contributed by atoms with Crippen LogP contribution >= 0.6 is 0 Å². The Labute approximate surface area is 499 Å². The molecule has 0 aliphatic rings. The van der Waals surface area contributed by atoms with Gasteiger partial charge in [-0.15, -0.1) is 0 Å². The summed E-state index contributed by atoms with van der Waals surface area (Å²) in [4.78, 5) is 2.34. The lowest BCUT2D eigenvalue weighted by atomic mass is 10.0. The van der Waals surface area contributed by atoms with Gasteiger partial charge in [0.05, 0.1) is 33.1 Å². The molecule has 17 rings (SSSR count). The largest absolute Gasteiger partial charge is 0.456 e. The third kappa shape index (κ3) is 8.79. The van der Waals surface area contributed by atoms with Gasteiger partial charge in [0.2, 0.25) is 0 Å². The molecule has 0 spiro atoms. The zero-order valence-electron chi connectivity index (χ0n) is 48.1. The second-order valence-corrected chi connectivity index (χ2v) is 21.7. The number of rotatable bonds is 8. The van der Waals surface area contributed by atoms with E-state index in [1.54, 1.807) is 0 Å². The molecule has 0 amide bonds. The van der Waals surface area contributed by atoms with Gasteiger partial charge < -0.3 is 23.0 Å². The fourth-order valence-corrected chi connectivity index (χ4v) is 12.9. The van der Waals surface area contributed by atoms with E-state index in [-0.39, 0.29) is 0 Å². The fourth-order valence-electron chi connectivity index (χ4n) is 12.9. The van der Waals surface area contributed by atoms with E-state index in [4.69, 9.17) is 4.42 Å². The summed E-state index contributed by atoms with van der Waals surface area (Å²) in [5, 5.41) is 9.46. The van der Waals surface area contributed by atoms with E-state index in [0.717, 1.165) is 78.1 Å². The predicted octanol–water partition coefficient (Wildman–Crippen LogP) is 22.7. The minimum Gasteiger partial charge on any atom is -0.456 e. The number of aryl methyl sites for hydroxylation is 1. The topological polar surface area (TPSA) is 31.2 Å². The highest BCUT2D eigenvalue weighted by Crippen LogP contribution is 2.47. The number of nitrogens with zero attached hydrogens (tertiary/aromatic N) is 4. The molecule has 0 saturated carbocycles. The van der Waals surface area contributed by atoms with E-state index in [1.807, 2.05) is 38.1 Å². The van der Waals surface area contributed by atoms with Crippen molar-refractivity contribution in [2.45, 2.75) is 20.8 Å². The van der Waals surface area contributed by atoms with E-state index < -0.39 is 0 Å². The van der Waals surface area contributed by atoms with Gasteiger partial charge in [-0.1, -0.05) is 220 Å². The van der Waals surface area contributed by atoms with Crippen LogP contribution in [0.1, 0.15) is 19.4 Å². The Morgan fingerprint density at radius 1 is 0.267 bits per heavy atom. The molecule has 0 bridgehead atoms. The average molecular weight is 1110 g/mol. The first-order valence-electron chi connectivity index (χ1n) is 29.7. The minimum absolute atomic E-state index is 0.885. The monoisotopic (exact) mass is 1100 g/mol. The van der Waals surface area contributed by atoms with Crippen LogP contribution < -0.4 is 4.90 Å². The Balaban J connectivity index is 0.000000645. The molecular weight excluding hydrogens is 1040 g/mol. The van der Waals surface area contributed by atoms with Gasteiger partial charge in [-0.2, -0.15) is 0 Å². The smallest absolute Gasteiger partial charge is 0.135 e. The summed E-state index contributed by atoms with van der Waals surface area (Å²) in [6.45, 7) is 6.08. The number of para-hydroxylation sites is 4. The Kier molecular flexibility index (Phi) is 13.2. The molecule has 0 unspecified atom stereocenters. The summed E-state index contributed by atoms with van der Waals surface area (Å²) in [5.41, 5.74) is 21.4. The average Bonchev–Trinajstić information content (AvgIpc) is 1.68. The SMILES string of the molecule is CC.Cc1ccccc1.c1ccc(-c2ccc(N(c3ccccc3)c3ccc(-n4c5ccccc5c5c4ccc4c6ccc7c(c8ccccc8n7-c7ccc8oc9ccccc9c8c7)c6n(-c6ccc(-c7ccccc7)cc6)c45)cc3)cc2)cc1. The van der Waals surface area contributed by atoms with Crippen LogP contribution in [0.2, 0.25) is 0 Å². The number of hydrogen-bond acceptors (Lipinski definition) is 2. The summed E-state index contributed by atoms with van der Waals surface area (Å²) in [5.74, 6) is 0.